The summed E-state index contributed by atoms with van der Waals surface area (Å²) in [4.78, 5) is 23.9. The van der Waals surface area contributed by atoms with Crippen molar-refractivity contribution in [1.82, 2.24) is 0 Å². The zero-order valence-corrected chi connectivity index (χ0v) is 32.0. The van der Waals surface area contributed by atoms with Gasteiger partial charge in [0.15, 0.2) is 0 Å². The molecular formula is C41H80O4S. The van der Waals surface area contributed by atoms with Gasteiger partial charge in [0.1, 0.15) is 0 Å². The van der Waals surface area contributed by atoms with Crippen molar-refractivity contribution in [3.05, 3.63) is 0 Å². The molecule has 0 fully saturated rings. The first-order valence-electron chi connectivity index (χ1n) is 20.6. The van der Waals surface area contributed by atoms with Gasteiger partial charge in [-0.15, -0.1) is 11.8 Å². The minimum absolute atomic E-state index is 0.144. The zero-order valence-electron chi connectivity index (χ0n) is 31.2. The van der Waals surface area contributed by atoms with E-state index in [4.69, 9.17) is 9.47 Å². The number of ether oxygens (including phenoxy) is 2. The lowest BCUT2D eigenvalue weighted by atomic mass is 10.0. The Balaban J connectivity index is 3.25. The Morgan fingerprint density at radius 3 is 0.935 bits per heavy atom. The number of unbranched alkanes of at least 4 members (excludes halogenated alkanes) is 30. The molecule has 0 saturated heterocycles. The molecule has 0 aromatic carbocycles. The summed E-state index contributed by atoms with van der Waals surface area (Å²) in [6, 6.07) is 0. The second-order valence-corrected chi connectivity index (χ2v) is 15.0. The Kier molecular flexibility index (Phi) is 39.8. The van der Waals surface area contributed by atoms with Crippen LogP contribution in [0.25, 0.3) is 0 Å². The molecule has 0 heterocycles. The number of carbonyl (C=O) groups is 2. The van der Waals surface area contributed by atoms with Gasteiger partial charge < -0.3 is 9.47 Å². The maximum Gasteiger partial charge on any atom is 0.315 e. The van der Waals surface area contributed by atoms with Gasteiger partial charge in [0.05, 0.1) is 25.4 Å². The van der Waals surface area contributed by atoms with Crippen LogP contribution in [0.15, 0.2) is 0 Å². The van der Waals surface area contributed by atoms with E-state index in [2.05, 4.69) is 13.8 Å². The molecule has 0 radical (unpaired) electrons. The molecule has 0 bridgehead atoms. The summed E-state index contributed by atoms with van der Waals surface area (Å²) in [6.45, 7) is 5.62. The lowest BCUT2D eigenvalue weighted by molar-refractivity contribution is -0.143. The maximum absolute atomic E-state index is 11.9. The largest absolute Gasteiger partial charge is 0.466 e. The normalized spacial score (nSPS) is 11.3. The van der Waals surface area contributed by atoms with E-state index in [1.54, 1.807) is 0 Å². The van der Waals surface area contributed by atoms with Crippen molar-refractivity contribution in [2.75, 3.05) is 24.7 Å². The predicted molar refractivity (Wildman–Crippen MR) is 203 cm³/mol. The SMILES string of the molecule is CCCCCCCCCCCCCCCCCCOC(=O)CCSCC(=O)OCCCCCCCCCCCCCCCCCC. The van der Waals surface area contributed by atoms with Crippen molar-refractivity contribution in [1.29, 1.82) is 0 Å². The number of thioether (sulfide) groups is 1. The summed E-state index contributed by atoms with van der Waals surface area (Å²) in [6.07, 6.45) is 43.3. The highest BCUT2D eigenvalue weighted by atomic mass is 32.2. The van der Waals surface area contributed by atoms with Crippen molar-refractivity contribution >= 4 is 23.7 Å². The van der Waals surface area contributed by atoms with Gasteiger partial charge in [-0.1, -0.05) is 206 Å². The first kappa shape index (κ1) is 45.3. The molecule has 0 amide bonds. The number of hydrogen-bond acceptors (Lipinski definition) is 5. The first-order valence-corrected chi connectivity index (χ1v) is 21.7. The second-order valence-electron chi connectivity index (χ2n) is 13.9. The Morgan fingerprint density at radius 1 is 0.370 bits per heavy atom. The van der Waals surface area contributed by atoms with Crippen molar-refractivity contribution in [3.63, 3.8) is 0 Å². The Labute approximate surface area is 292 Å². The molecule has 0 aliphatic heterocycles. The lowest BCUT2D eigenvalue weighted by Crippen LogP contribution is -2.11. The average molecular weight is 669 g/mol. The third-order valence-electron chi connectivity index (χ3n) is 9.19. The van der Waals surface area contributed by atoms with Crippen LogP contribution in [0.4, 0.5) is 0 Å². The molecule has 274 valence electrons. The van der Waals surface area contributed by atoms with Gasteiger partial charge in [-0.25, -0.2) is 0 Å². The van der Waals surface area contributed by atoms with E-state index >= 15 is 0 Å². The highest BCUT2D eigenvalue weighted by Crippen LogP contribution is 2.15. The summed E-state index contributed by atoms with van der Waals surface area (Å²) in [7, 11) is 0. The Morgan fingerprint density at radius 2 is 0.630 bits per heavy atom. The highest BCUT2D eigenvalue weighted by molar-refractivity contribution is 7.99. The van der Waals surface area contributed by atoms with Crippen LogP contribution in [-0.2, 0) is 19.1 Å². The number of esters is 2. The van der Waals surface area contributed by atoms with Gasteiger partial charge in [-0.2, -0.15) is 0 Å². The van der Waals surface area contributed by atoms with Crippen LogP contribution in [0.5, 0.6) is 0 Å². The van der Waals surface area contributed by atoms with E-state index < -0.39 is 0 Å². The van der Waals surface area contributed by atoms with Crippen LogP contribution in [0.1, 0.15) is 226 Å². The van der Waals surface area contributed by atoms with Crippen molar-refractivity contribution < 1.29 is 19.1 Å². The molecular weight excluding hydrogens is 589 g/mol. The fraction of sp³-hybridized carbons (Fsp3) is 0.951. The molecule has 0 rings (SSSR count). The third-order valence-corrected chi connectivity index (χ3v) is 10.1. The van der Waals surface area contributed by atoms with E-state index in [0.29, 0.717) is 31.1 Å². The van der Waals surface area contributed by atoms with Crippen molar-refractivity contribution in [2.45, 2.75) is 226 Å². The molecule has 0 aromatic rings. The maximum atomic E-state index is 11.9. The summed E-state index contributed by atoms with van der Waals surface area (Å²) < 4.78 is 10.7. The summed E-state index contributed by atoms with van der Waals surface area (Å²) in [5.74, 6) is 0.638. The predicted octanol–water partition coefficient (Wildman–Crippen LogP) is 13.7. The topological polar surface area (TPSA) is 52.6 Å². The summed E-state index contributed by atoms with van der Waals surface area (Å²) >= 11 is 1.47. The van der Waals surface area contributed by atoms with Crippen molar-refractivity contribution in [2.24, 2.45) is 0 Å². The second kappa shape index (κ2) is 40.5. The molecule has 0 aliphatic rings. The smallest absolute Gasteiger partial charge is 0.315 e. The molecule has 0 atom stereocenters. The summed E-state index contributed by atoms with van der Waals surface area (Å²) in [5.41, 5.74) is 0. The van der Waals surface area contributed by atoms with E-state index in [1.165, 1.54) is 192 Å². The van der Waals surface area contributed by atoms with E-state index in [1.807, 2.05) is 0 Å². The minimum Gasteiger partial charge on any atom is -0.466 e. The minimum atomic E-state index is -0.160. The van der Waals surface area contributed by atoms with Crippen LogP contribution < -0.4 is 0 Å². The monoisotopic (exact) mass is 669 g/mol. The van der Waals surface area contributed by atoms with E-state index in [0.717, 1.165) is 25.7 Å². The summed E-state index contributed by atoms with van der Waals surface area (Å²) in [5, 5.41) is 0. The third kappa shape index (κ3) is 39.5. The van der Waals surface area contributed by atoms with Crippen LogP contribution in [0.3, 0.4) is 0 Å². The zero-order chi connectivity index (χ0) is 33.4. The first-order chi connectivity index (χ1) is 22.7. The number of hydrogen-bond donors (Lipinski definition) is 0. The van der Waals surface area contributed by atoms with Gasteiger partial charge in [-0.05, 0) is 12.8 Å². The van der Waals surface area contributed by atoms with Gasteiger partial charge in [-0.3, -0.25) is 9.59 Å². The average Bonchev–Trinajstić information content (AvgIpc) is 3.06. The molecule has 0 unspecified atom stereocenters. The molecule has 0 aliphatic carbocycles. The van der Waals surface area contributed by atoms with E-state index in [9.17, 15) is 9.59 Å². The lowest BCUT2D eigenvalue weighted by Gasteiger charge is -2.06. The van der Waals surface area contributed by atoms with Gasteiger partial charge in [0.2, 0.25) is 0 Å². The quantitative estimate of drug-likeness (QED) is 0.0482. The molecule has 0 aromatic heterocycles. The highest BCUT2D eigenvalue weighted by Gasteiger charge is 2.07. The van der Waals surface area contributed by atoms with Crippen LogP contribution in [0, 0.1) is 0 Å². The molecule has 46 heavy (non-hydrogen) atoms. The molecule has 0 N–H and O–H groups in total. The molecule has 4 nitrogen and oxygen atoms in total. The molecule has 0 saturated carbocycles. The van der Waals surface area contributed by atoms with Gasteiger partial charge in [0.25, 0.3) is 0 Å². The fourth-order valence-electron chi connectivity index (χ4n) is 6.10. The van der Waals surface area contributed by atoms with E-state index in [-0.39, 0.29) is 11.9 Å². The van der Waals surface area contributed by atoms with Crippen LogP contribution >= 0.6 is 11.8 Å². The van der Waals surface area contributed by atoms with Gasteiger partial charge in [0, 0.05) is 5.75 Å². The molecule has 5 heteroatoms. The number of carbonyl (C=O) groups excluding carboxylic acids is 2. The number of rotatable bonds is 39. The molecule has 0 spiro atoms. The van der Waals surface area contributed by atoms with Crippen LogP contribution in [0.2, 0.25) is 0 Å². The fourth-order valence-corrected chi connectivity index (χ4v) is 6.80. The van der Waals surface area contributed by atoms with Gasteiger partial charge >= 0.3 is 11.9 Å². The Hall–Kier alpha value is -0.710. The van der Waals surface area contributed by atoms with Crippen LogP contribution in [-0.4, -0.2) is 36.7 Å². The standard InChI is InChI=1S/C41H80O4S/c1-3-5-7-9-11-13-15-17-19-21-23-25-27-29-31-33-36-44-40(42)35-38-46-39-41(43)45-37-34-32-30-28-26-24-22-20-18-16-14-12-10-8-6-4-2/h3-39H2,1-2H3. The van der Waals surface area contributed by atoms with Crippen molar-refractivity contribution in [3.8, 4) is 0 Å². The Bertz CT molecular complexity index is 559.